The number of piperazine rings is 1. The zero-order valence-electron chi connectivity index (χ0n) is 16.2. The number of nitrogens with zero attached hydrogens (tertiary/aromatic N) is 4. The molecule has 2 aromatic carbocycles. The third-order valence-corrected chi connectivity index (χ3v) is 6.42. The lowest BCUT2D eigenvalue weighted by atomic mass is 10.2. The van der Waals surface area contributed by atoms with Gasteiger partial charge in [-0.1, -0.05) is 35.5 Å². The standard InChI is InChI=1S/C21H21FN4O3S/c22-19-8-6-18(7-9-19)21-23-20(29-24-21)16-25-11-13-26(14-12-25)30(27,28)15-10-17-4-2-1-3-5-17/h1-10,15H,11-14,16H2/b15-10+. The van der Waals surface area contributed by atoms with Crippen LogP contribution < -0.4 is 0 Å². The van der Waals surface area contributed by atoms with E-state index in [0.717, 1.165) is 5.56 Å². The van der Waals surface area contributed by atoms with Crippen LogP contribution in [0.5, 0.6) is 0 Å². The van der Waals surface area contributed by atoms with Gasteiger partial charge in [0.15, 0.2) is 0 Å². The van der Waals surface area contributed by atoms with E-state index in [9.17, 15) is 12.8 Å². The van der Waals surface area contributed by atoms with Crippen LogP contribution in [-0.4, -0.2) is 53.9 Å². The zero-order chi connectivity index (χ0) is 21.0. The summed E-state index contributed by atoms with van der Waals surface area (Å²) in [5, 5.41) is 5.19. The van der Waals surface area contributed by atoms with Gasteiger partial charge in [0.1, 0.15) is 5.82 Å². The Bertz CT molecular complexity index is 1110. The van der Waals surface area contributed by atoms with Gasteiger partial charge in [0, 0.05) is 37.2 Å². The van der Waals surface area contributed by atoms with Crippen molar-refractivity contribution >= 4 is 16.1 Å². The second-order valence-electron chi connectivity index (χ2n) is 6.95. The number of benzene rings is 2. The van der Waals surface area contributed by atoms with Crippen LogP contribution in [0.1, 0.15) is 11.5 Å². The van der Waals surface area contributed by atoms with Crippen molar-refractivity contribution < 1.29 is 17.3 Å². The maximum Gasteiger partial charge on any atom is 0.241 e. The highest BCUT2D eigenvalue weighted by Gasteiger charge is 2.26. The predicted molar refractivity (Wildman–Crippen MR) is 111 cm³/mol. The highest BCUT2D eigenvalue weighted by atomic mass is 32.2. The Kier molecular flexibility index (Phi) is 6.03. The molecule has 0 N–H and O–H groups in total. The van der Waals surface area contributed by atoms with Gasteiger partial charge in [0.05, 0.1) is 6.54 Å². The summed E-state index contributed by atoms with van der Waals surface area (Å²) < 4.78 is 44.9. The van der Waals surface area contributed by atoms with E-state index in [0.29, 0.717) is 50.0 Å². The molecular formula is C21H21FN4O3S. The summed E-state index contributed by atoms with van der Waals surface area (Å²) in [6.07, 6.45) is 1.61. The van der Waals surface area contributed by atoms with Gasteiger partial charge in [-0.15, -0.1) is 0 Å². The first-order valence-corrected chi connectivity index (χ1v) is 11.0. The van der Waals surface area contributed by atoms with Crippen molar-refractivity contribution in [2.45, 2.75) is 6.54 Å². The average molecular weight is 428 g/mol. The van der Waals surface area contributed by atoms with Crippen LogP contribution in [0.2, 0.25) is 0 Å². The maximum absolute atomic E-state index is 13.0. The molecule has 7 nitrogen and oxygen atoms in total. The van der Waals surface area contributed by atoms with Gasteiger partial charge < -0.3 is 4.52 Å². The van der Waals surface area contributed by atoms with E-state index in [1.54, 1.807) is 18.2 Å². The summed E-state index contributed by atoms with van der Waals surface area (Å²) >= 11 is 0. The Labute approximate surface area is 174 Å². The molecule has 0 amide bonds. The molecule has 1 fully saturated rings. The van der Waals surface area contributed by atoms with E-state index in [-0.39, 0.29) is 5.82 Å². The minimum absolute atomic E-state index is 0.325. The third kappa shape index (κ3) is 4.99. The van der Waals surface area contributed by atoms with E-state index in [1.807, 2.05) is 30.3 Å². The number of hydrogen-bond donors (Lipinski definition) is 0. The molecule has 1 aliphatic rings. The Balaban J connectivity index is 1.32. The minimum Gasteiger partial charge on any atom is -0.338 e. The fraction of sp³-hybridized carbons (Fsp3) is 0.238. The molecule has 156 valence electrons. The first-order valence-electron chi connectivity index (χ1n) is 9.54. The summed E-state index contributed by atoms with van der Waals surface area (Å²) in [6.45, 7) is 2.34. The quantitative estimate of drug-likeness (QED) is 0.601. The molecule has 9 heteroatoms. The smallest absolute Gasteiger partial charge is 0.241 e. The lowest BCUT2D eigenvalue weighted by Gasteiger charge is -2.32. The van der Waals surface area contributed by atoms with Crippen molar-refractivity contribution in [1.29, 1.82) is 0 Å². The highest BCUT2D eigenvalue weighted by molar-refractivity contribution is 7.92. The Morgan fingerprint density at radius 1 is 1.00 bits per heavy atom. The van der Waals surface area contributed by atoms with Crippen molar-refractivity contribution in [3.63, 3.8) is 0 Å². The first-order chi connectivity index (χ1) is 14.5. The van der Waals surface area contributed by atoms with Gasteiger partial charge in [-0.25, -0.2) is 12.8 Å². The highest BCUT2D eigenvalue weighted by Crippen LogP contribution is 2.18. The van der Waals surface area contributed by atoms with Crippen LogP contribution in [0.15, 0.2) is 64.5 Å². The molecule has 0 spiro atoms. The fourth-order valence-electron chi connectivity index (χ4n) is 3.18. The number of aromatic nitrogens is 2. The monoisotopic (exact) mass is 428 g/mol. The number of sulfonamides is 1. The van der Waals surface area contributed by atoms with E-state index in [4.69, 9.17) is 4.52 Å². The maximum atomic E-state index is 13.0. The first kappa shape index (κ1) is 20.4. The van der Waals surface area contributed by atoms with Gasteiger partial charge >= 0.3 is 0 Å². The van der Waals surface area contributed by atoms with Gasteiger partial charge in [0.25, 0.3) is 0 Å². The van der Waals surface area contributed by atoms with Crippen molar-refractivity contribution in [1.82, 2.24) is 19.3 Å². The van der Waals surface area contributed by atoms with Gasteiger partial charge in [-0.05, 0) is 35.9 Å². The van der Waals surface area contributed by atoms with Crippen LogP contribution >= 0.6 is 0 Å². The molecule has 1 aromatic heterocycles. The van der Waals surface area contributed by atoms with E-state index in [1.165, 1.54) is 21.8 Å². The topological polar surface area (TPSA) is 79.5 Å². The Hall–Kier alpha value is -2.88. The summed E-state index contributed by atoms with van der Waals surface area (Å²) in [6, 6.07) is 15.2. The van der Waals surface area contributed by atoms with E-state index < -0.39 is 10.0 Å². The summed E-state index contributed by atoms with van der Waals surface area (Å²) in [7, 11) is -3.47. The molecule has 2 heterocycles. The second kappa shape index (κ2) is 8.86. The normalized spacial score (nSPS) is 16.3. The molecule has 30 heavy (non-hydrogen) atoms. The summed E-state index contributed by atoms with van der Waals surface area (Å²) in [4.78, 5) is 6.41. The number of rotatable bonds is 6. The van der Waals surface area contributed by atoms with Crippen LogP contribution in [0.25, 0.3) is 17.5 Å². The zero-order valence-corrected chi connectivity index (χ0v) is 17.0. The molecule has 0 aliphatic carbocycles. The molecular weight excluding hydrogens is 407 g/mol. The number of halogens is 1. The van der Waals surface area contributed by atoms with Crippen molar-refractivity contribution in [3.05, 3.63) is 77.3 Å². The van der Waals surface area contributed by atoms with Gasteiger partial charge in [0.2, 0.25) is 21.7 Å². The van der Waals surface area contributed by atoms with Crippen LogP contribution in [-0.2, 0) is 16.6 Å². The fourth-order valence-corrected chi connectivity index (χ4v) is 4.36. The minimum atomic E-state index is -3.47. The van der Waals surface area contributed by atoms with E-state index >= 15 is 0 Å². The molecule has 3 aromatic rings. The second-order valence-corrected chi connectivity index (χ2v) is 8.77. The van der Waals surface area contributed by atoms with Crippen LogP contribution in [0.3, 0.4) is 0 Å². The lowest BCUT2D eigenvalue weighted by molar-refractivity contribution is 0.164. The molecule has 1 saturated heterocycles. The Morgan fingerprint density at radius 3 is 2.40 bits per heavy atom. The van der Waals surface area contributed by atoms with Gasteiger partial charge in [-0.3, -0.25) is 4.90 Å². The average Bonchev–Trinajstić information content (AvgIpc) is 3.22. The van der Waals surface area contributed by atoms with E-state index in [2.05, 4.69) is 15.0 Å². The third-order valence-electron chi connectivity index (χ3n) is 4.85. The SMILES string of the molecule is O=S(=O)(/C=C/c1ccccc1)N1CCN(Cc2nc(-c3ccc(F)cc3)no2)CC1. The van der Waals surface area contributed by atoms with Crippen molar-refractivity contribution in [2.75, 3.05) is 26.2 Å². The predicted octanol–water partition coefficient (Wildman–Crippen LogP) is 2.99. The van der Waals surface area contributed by atoms with Gasteiger partial charge in [-0.2, -0.15) is 9.29 Å². The molecule has 0 radical (unpaired) electrons. The molecule has 0 atom stereocenters. The molecule has 4 rings (SSSR count). The Morgan fingerprint density at radius 2 is 1.70 bits per heavy atom. The van der Waals surface area contributed by atoms with Crippen molar-refractivity contribution in [2.24, 2.45) is 0 Å². The molecule has 0 unspecified atom stereocenters. The summed E-state index contributed by atoms with van der Waals surface area (Å²) in [5.41, 5.74) is 1.51. The van der Waals surface area contributed by atoms with Crippen LogP contribution in [0.4, 0.5) is 4.39 Å². The molecule has 0 saturated carbocycles. The molecule has 0 bridgehead atoms. The van der Waals surface area contributed by atoms with Crippen molar-refractivity contribution in [3.8, 4) is 11.4 Å². The summed E-state index contributed by atoms with van der Waals surface area (Å²) in [5.74, 6) is 0.515. The lowest BCUT2D eigenvalue weighted by Crippen LogP contribution is -2.47. The largest absolute Gasteiger partial charge is 0.338 e. The molecule has 1 aliphatic heterocycles. The van der Waals surface area contributed by atoms with Crippen LogP contribution in [0, 0.1) is 5.82 Å². The number of hydrogen-bond acceptors (Lipinski definition) is 6.